The number of carbonyl (C=O) groups excluding carboxylic acids is 1. The standard InChI is InChI=1S/C21H25N5O4/c1-3-4-9-25(2)20(29)15-10-14(17(27)11-18(15)28)19-23-24-21(30)26(19)16-8-6-5-7-13(16)12-22/h5-8,10-11,27-28H,3-4,9,12,22H2,1-2H3,(H,24,30). The Morgan fingerprint density at radius 2 is 1.87 bits per heavy atom. The summed E-state index contributed by atoms with van der Waals surface area (Å²) in [6, 6.07) is 9.15. The van der Waals surface area contributed by atoms with Crippen LogP contribution in [0.15, 0.2) is 36.4 Å². The van der Waals surface area contributed by atoms with Crippen molar-refractivity contribution >= 4 is 5.91 Å². The molecule has 0 saturated heterocycles. The van der Waals surface area contributed by atoms with Crippen molar-refractivity contribution in [3.05, 3.63) is 47.5 Å². The lowest BCUT2D eigenvalue weighted by Gasteiger charge is -2.18. The van der Waals surface area contributed by atoms with Gasteiger partial charge in [0.25, 0.3) is 5.91 Å². The highest BCUT2D eigenvalue weighted by Crippen LogP contribution is 2.37. The first-order valence-electron chi connectivity index (χ1n) is 9.63. The average Bonchev–Trinajstić information content (AvgIpc) is 3.12. The van der Waals surface area contributed by atoms with E-state index >= 15 is 0 Å². The van der Waals surface area contributed by atoms with Crippen LogP contribution in [0.3, 0.4) is 0 Å². The predicted octanol–water partition coefficient (Wildman–Crippen LogP) is 2.38. The topological polar surface area (TPSA) is 138 Å². The maximum absolute atomic E-state index is 12.8. The molecular formula is C21H25N5O4. The van der Waals surface area contributed by atoms with Crippen LogP contribution in [0.2, 0.25) is 0 Å². The van der Waals surface area contributed by atoms with E-state index in [9.17, 15) is 20.1 Å². The summed E-state index contributed by atoms with van der Waals surface area (Å²) < 4.78 is 1.34. The molecule has 9 heteroatoms. The first-order chi connectivity index (χ1) is 14.4. The van der Waals surface area contributed by atoms with Crippen LogP contribution in [0.1, 0.15) is 35.7 Å². The number of unbranched alkanes of at least 4 members (excludes halogenated alkanes) is 1. The summed E-state index contributed by atoms with van der Waals surface area (Å²) in [6.45, 7) is 2.76. The highest BCUT2D eigenvalue weighted by molar-refractivity contribution is 5.98. The van der Waals surface area contributed by atoms with E-state index in [1.807, 2.05) is 13.0 Å². The first-order valence-corrected chi connectivity index (χ1v) is 9.63. The largest absolute Gasteiger partial charge is 0.507 e. The number of amides is 1. The molecule has 5 N–H and O–H groups in total. The number of para-hydroxylation sites is 1. The molecule has 0 unspecified atom stereocenters. The fourth-order valence-electron chi connectivity index (χ4n) is 3.20. The third-order valence-electron chi connectivity index (χ3n) is 4.88. The van der Waals surface area contributed by atoms with Crippen molar-refractivity contribution in [1.82, 2.24) is 19.7 Å². The molecule has 0 fully saturated rings. The SMILES string of the molecule is CCCCN(C)C(=O)c1cc(-c2nnc(O)n2-c2ccccc2CN)c(O)cc1O. The molecule has 0 aliphatic carbocycles. The highest BCUT2D eigenvalue weighted by atomic mass is 16.3. The minimum atomic E-state index is -0.397. The van der Waals surface area contributed by atoms with Gasteiger partial charge in [0.15, 0.2) is 5.82 Å². The molecule has 0 radical (unpaired) electrons. The molecular weight excluding hydrogens is 386 g/mol. The summed E-state index contributed by atoms with van der Waals surface area (Å²) in [5.41, 5.74) is 7.23. The Bertz CT molecular complexity index is 1060. The van der Waals surface area contributed by atoms with E-state index in [-0.39, 0.29) is 40.9 Å². The second-order valence-corrected chi connectivity index (χ2v) is 6.96. The van der Waals surface area contributed by atoms with E-state index in [0.717, 1.165) is 24.5 Å². The zero-order valence-corrected chi connectivity index (χ0v) is 16.9. The van der Waals surface area contributed by atoms with Gasteiger partial charge in [-0.15, -0.1) is 5.10 Å². The minimum Gasteiger partial charge on any atom is -0.507 e. The van der Waals surface area contributed by atoms with Crippen LogP contribution in [0, 0.1) is 0 Å². The number of phenolic OH excluding ortho intramolecular Hbond substituents is 2. The van der Waals surface area contributed by atoms with Gasteiger partial charge in [-0.1, -0.05) is 36.6 Å². The number of hydrogen-bond acceptors (Lipinski definition) is 7. The summed E-state index contributed by atoms with van der Waals surface area (Å²) in [5, 5.41) is 38.7. The molecule has 1 aromatic heterocycles. The van der Waals surface area contributed by atoms with Crippen molar-refractivity contribution in [3.8, 4) is 34.6 Å². The smallest absolute Gasteiger partial charge is 0.319 e. The van der Waals surface area contributed by atoms with Gasteiger partial charge in [0.05, 0.1) is 16.8 Å². The van der Waals surface area contributed by atoms with Gasteiger partial charge < -0.3 is 26.0 Å². The van der Waals surface area contributed by atoms with Gasteiger partial charge in [0, 0.05) is 26.2 Å². The van der Waals surface area contributed by atoms with Gasteiger partial charge in [0.1, 0.15) is 11.5 Å². The number of aromatic hydroxyl groups is 3. The van der Waals surface area contributed by atoms with Crippen molar-refractivity contribution in [2.75, 3.05) is 13.6 Å². The van der Waals surface area contributed by atoms with Gasteiger partial charge in [-0.25, -0.2) is 4.57 Å². The Morgan fingerprint density at radius 3 is 2.57 bits per heavy atom. The van der Waals surface area contributed by atoms with E-state index in [2.05, 4.69) is 10.2 Å². The molecule has 0 aliphatic rings. The molecule has 1 amide bonds. The monoisotopic (exact) mass is 411 g/mol. The number of benzene rings is 2. The van der Waals surface area contributed by atoms with E-state index < -0.39 is 6.01 Å². The third-order valence-corrected chi connectivity index (χ3v) is 4.88. The van der Waals surface area contributed by atoms with Crippen LogP contribution >= 0.6 is 0 Å². The van der Waals surface area contributed by atoms with Crippen molar-refractivity contribution in [2.45, 2.75) is 26.3 Å². The van der Waals surface area contributed by atoms with Crippen molar-refractivity contribution in [2.24, 2.45) is 5.73 Å². The summed E-state index contributed by atoms with van der Waals surface area (Å²) >= 11 is 0. The second-order valence-electron chi connectivity index (χ2n) is 6.96. The number of carbonyl (C=O) groups is 1. The van der Waals surface area contributed by atoms with Crippen LogP contribution < -0.4 is 5.73 Å². The predicted molar refractivity (Wildman–Crippen MR) is 112 cm³/mol. The molecule has 158 valence electrons. The normalized spacial score (nSPS) is 10.9. The number of aromatic nitrogens is 3. The molecule has 0 bridgehead atoms. The van der Waals surface area contributed by atoms with Gasteiger partial charge in [-0.3, -0.25) is 4.79 Å². The fourth-order valence-corrected chi connectivity index (χ4v) is 3.20. The number of nitrogens with zero attached hydrogens (tertiary/aromatic N) is 4. The lowest BCUT2D eigenvalue weighted by atomic mass is 10.1. The van der Waals surface area contributed by atoms with Crippen molar-refractivity contribution in [3.63, 3.8) is 0 Å². The Morgan fingerprint density at radius 1 is 1.13 bits per heavy atom. The van der Waals surface area contributed by atoms with Crippen LogP contribution in [-0.2, 0) is 6.54 Å². The van der Waals surface area contributed by atoms with Crippen molar-refractivity contribution in [1.29, 1.82) is 0 Å². The zero-order valence-electron chi connectivity index (χ0n) is 16.9. The second kappa shape index (κ2) is 8.83. The zero-order chi connectivity index (χ0) is 21.8. The number of nitrogens with two attached hydrogens (primary N) is 1. The van der Waals surface area contributed by atoms with Crippen LogP contribution in [0.25, 0.3) is 17.1 Å². The number of phenols is 2. The van der Waals surface area contributed by atoms with E-state index in [0.29, 0.717) is 12.2 Å². The lowest BCUT2D eigenvalue weighted by molar-refractivity contribution is 0.0790. The molecule has 0 atom stereocenters. The molecule has 9 nitrogen and oxygen atoms in total. The summed E-state index contributed by atoms with van der Waals surface area (Å²) in [7, 11) is 1.65. The Hall–Kier alpha value is -3.59. The highest BCUT2D eigenvalue weighted by Gasteiger charge is 2.24. The van der Waals surface area contributed by atoms with Gasteiger partial charge in [0.2, 0.25) is 0 Å². The fraction of sp³-hybridized carbons (Fsp3) is 0.286. The van der Waals surface area contributed by atoms with Gasteiger partial charge in [-0.2, -0.15) is 0 Å². The van der Waals surface area contributed by atoms with E-state index in [1.165, 1.54) is 15.5 Å². The molecule has 3 rings (SSSR count). The lowest BCUT2D eigenvalue weighted by Crippen LogP contribution is -2.27. The Balaban J connectivity index is 2.13. The molecule has 0 saturated carbocycles. The molecule has 0 aliphatic heterocycles. The molecule has 3 aromatic rings. The molecule has 2 aromatic carbocycles. The van der Waals surface area contributed by atoms with Gasteiger partial charge in [-0.05, 0) is 24.1 Å². The maximum atomic E-state index is 12.8. The number of rotatable bonds is 7. The van der Waals surface area contributed by atoms with E-state index in [1.54, 1.807) is 25.2 Å². The molecule has 30 heavy (non-hydrogen) atoms. The van der Waals surface area contributed by atoms with Gasteiger partial charge >= 0.3 is 6.01 Å². The summed E-state index contributed by atoms with van der Waals surface area (Å²) in [5.74, 6) is -0.933. The third kappa shape index (κ3) is 3.92. The maximum Gasteiger partial charge on any atom is 0.319 e. The molecule has 1 heterocycles. The Kier molecular flexibility index (Phi) is 6.22. The molecule has 0 spiro atoms. The van der Waals surface area contributed by atoms with Crippen LogP contribution in [-0.4, -0.2) is 54.5 Å². The minimum absolute atomic E-state index is 0.0163. The van der Waals surface area contributed by atoms with Crippen molar-refractivity contribution < 1.29 is 20.1 Å². The van der Waals surface area contributed by atoms with E-state index in [4.69, 9.17) is 5.73 Å². The number of hydrogen-bond donors (Lipinski definition) is 4. The Labute approximate surface area is 174 Å². The summed E-state index contributed by atoms with van der Waals surface area (Å²) in [4.78, 5) is 14.3. The first kappa shape index (κ1) is 21.1. The van der Waals surface area contributed by atoms with Crippen LogP contribution in [0.4, 0.5) is 0 Å². The quantitative estimate of drug-likeness (QED) is 0.468. The average molecular weight is 411 g/mol. The van der Waals surface area contributed by atoms with Crippen LogP contribution in [0.5, 0.6) is 17.5 Å². The summed E-state index contributed by atoms with van der Waals surface area (Å²) in [6.07, 6.45) is 1.75.